The van der Waals surface area contributed by atoms with Gasteiger partial charge in [-0.3, -0.25) is 4.79 Å². The first-order chi connectivity index (χ1) is 2.94. The zero-order valence-corrected chi connectivity index (χ0v) is 5.54. The highest BCUT2D eigenvalue weighted by atomic mass is 32.1. The van der Waals surface area contributed by atoms with Crippen molar-refractivity contribution in [3.63, 3.8) is 0 Å². The first-order valence-corrected chi connectivity index (χ1v) is 2.52. The van der Waals surface area contributed by atoms with Crippen molar-refractivity contribution in [3.05, 3.63) is 0 Å². The minimum absolute atomic E-state index is 0.643. The molecule has 1 atom stereocenters. The Morgan fingerprint density at radius 2 is 2.00 bits per heavy atom. The minimum Gasteiger partial charge on any atom is -0.372 e. The molecule has 1 unspecified atom stereocenters. The molecule has 1 N–H and O–H groups in total. The van der Waals surface area contributed by atoms with Gasteiger partial charge in [0.1, 0.15) is 0 Å². The van der Waals surface area contributed by atoms with Gasteiger partial charge >= 0.3 is 0 Å². The summed E-state index contributed by atoms with van der Waals surface area (Å²) in [4.78, 5) is 8.42. The molecule has 7 heavy (non-hydrogen) atoms. The standard InChI is InChI=1S/C3H6O2S2/c1-3(5,7)2(4)6/h5,7H,1H3,(H,4,6). The zero-order valence-electron chi connectivity index (χ0n) is 3.75. The topological polar surface area (TPSA) is 37.3 Å². The van der Waals surface area contributed by atoms with Gasteiger partial charge in [0.25, 0.3) is 0 Å². The Kier molecular flexibility index (Phi) is 2.16. The van der Waals surface area contributed by atoms with Crippen LogP contribution in [0.4, 0.5) is 0 Å². The number of hydrogen-bond donors (Lipinski definition) is 3. The van der Waals surface area contributed by atoms with E-state index in [2.05, 4.69) is 25.3 Å². The summed E-state index contributed by atoms with van der Waals surface area (Å²) >= 11 is 6.79. The van der Waals surface area contributed by atoms with Crippen molar-refractivity contribution >= 4 is 30.4 Å². The summed E-state index contributed by atoms with van der Waals surface area (Å²) in [6.07, 6.45) is 0. The highest BCUT2D eigenvalue weighted by molar-refractivity contribution is 7.99. The van der Waals surface area contributed by atoms with Crippen LogP contribution in [-0.4, -0.2) is 15.2 Å². The zero-order chi connectivity index (χ0) is 6.08. The fraction of sp³-hybridized carbons (Fsp3) is 0.667. The van der Waals surface area contributed by atoms with Crippen LogP contribution in [-0.2, 0) is 4.79 Å². The van der Waals surface area contributed by atoms with E-state index < -0.39 is 10.0 Å². The molecule has 0 rings (SSSR count). The van der Waals surface area contributed by atoms with Crippen LogP contribution in [0.15, 0.2) is 0 Å². The molecule has 0 spiro atoms. The Morgan fingerprint density at radius 3 is 2.00 bits per heavy atom. The second-order valence-corrected chi connectivity index (χ2v) is 2.60. The van der Waals surface area contributed by atoms with Crippen LogP contribution in [0.1, 0.15) is 6.92 Å². The van der Waals surface area contributed by atoms with Gasteiger partial charge in [-0.1, -0.05) is 0 Å². The van der Waals surface area contributed by atoms with Crippen molar-refractivity contribution < 1.29 is 9.90 Å². The van der Waals surface area contributed by atoms with Crippen molar-refractivity contribution in [2.24, 2.45) is 0 Å². The fourth-order valence-electron chi connectivity index (χ4n) is 0. The third-order valence-electron chi connectivity index (χ3n) is 0.405. The van der Waals surface area contributed by atoms with E-state index in [1.807, 2.05) is 0 Å². The molecular weight excluding hydrogens is 132 g/mol. The molecule has 0 heterocycles. The molecule has 0 aromatic carbocycles. The van der Waals surface area contributed by atoms with Crippen LogP contribution in [0.5, 0.6) is 0 Å². The Labute approximate surface area is 52.7 Å². The van der Waals surface area contributed by atoms with Crippen LogP contribution in [0.2, 0.25) is 0 Å². The van der Waals surface area contributed by atoms with Crippen molar-refractivity contribution in [2.45, 2.75) is 11.9 Å². The molecule has 4 heteroatoms. The Morgan fingerprint density at radius 1 is 1.86 bits per heavy atom. The lowest BCUT2D eigenvalue weighted by Crippen LogP contribution is -2.23. The molecule has 0 amide bonds. The second kappa shape index (κ2) is 2.07. The summed E-state index contributed by atoms with van der Waals surface area (Å²) in [6, 6.07) is 0. The number of rotatable bonds is 1. The maximum absolute atomic E-state index is 10.0. The van der Waals surface area contributed by atoms with Gasteiger partial charge in [-0.2, -0.15) is 0 Å². The average Bonchev–Trinajstić information content (AvgIpc) is 1.31. The van der Waals surface area contributed by atoms with Crippen LogP contribution in [0, 0.1) is 0 Å². The summed E-state index contributed by atoms with van der Waals surface area (Å²) in [5, 5.41) is 7.89. The van der Waals surface area contributed by atoms with E-state index in [0.29, 0.717) is 0 Å². The van der Waals surface area contributed by atoms with Crippen molar-refractivity contribution in [1.82, 2.24) is 0 Å². The molecule has 0 aromatic rings. The number of aliphatic hydroxyl groups is 1. The predicted octanol–water partition coefficient (Wildman–Crippen LogP) is 0.0811. The quantitative estimate of drug-likeness (QED) is 0.354. The van der Waals surface area contributed by atoms with Gasteiger partial charge in [0, 0.05) is 0 Å². The summed E-state index contributed by atoms with van der Waals surface area (Å²) < 4.78 is 0. The Bertz CT molecular complexity index is 83.4. The molecule has 2 nitrogen and oxygen atoms in total. The molecule has 0 bridgehead atoms. The molecule has 0 aromatic heterocycles. The number of carbonyl (C=O) groups is 1. The van der Waals surface area contributed by atoms with E-state index in [9.17, 15) is 4.79 Å². The normalized spacial score (nSPS) is 18.3. The van der Waals surface area contributed by atoms with Crippen molar-refractivity contribution in [2.75, 3.05) is 0 Å². The Balaban J connectivity index is 3.79. The molecule has 0 aliphatic heterocycles. The SMILES string of the molecule is CC(O)(S)C(=O)S. The first-order valence-electron chi connectivity index (χ1n) is 1.62. The van der Waals surface area contributed by atoms with E-state index in [-0.39, 0.29) is 0 Å². The van der Waals surface area contributed by atoms with Gasteiger partial charge in [-0.15, -0.1) is 25.3 Å². The van der Waals surface area contributed by atoms with Gasteiger partial charge in [0.15, 0.2) is 4.93 Å². The summed E-state index contributed by atoms with van der Waals surface area (Å²) in [5.41, 5.74) is 0. The van der Waals surface area contributed by atoms with E-state index in [1.165, 1.54) is 6.92 Å². The van der Waals surface area contributed by atoms with Gasteiger partial charge in [0.2, 0.25) is 5.12 Å². The monoisotopic (exact) mass is 138 g/mol. The number of carbonyl (C=O) groups excluding carboxylic acids is 1. The third-order valence-corrected chi connectivity index (χ3v) is 1.22. The van der Waals surface area contributed by atoms with Gasteiger partial charge in [-0.05, 0) is 6.92 Å². The van der Waals surface area contributed by atoms with E-state index in [0.717, 1.165) is 0 Å². The molecule has 0 saturated heterocycles. The smallest absolute Gasteiger partial charge is 0.227 e. The van der Waals surface area contributed by atoms with Gasteiger partial charge in [0.05, 0.1) is 0 Å². The van der Waals surface area contributed by atoms with E-state index in [4.69, 9.17) is 5.11 Å². The third kappa shape index (κ3) is 2.96. The summed E-state index contributed by atoms with van der Waals surface area (Å²) in [5.74, 6) is 0. The highest BCUT2D eigenvalue weighted by Gasteiger charge is 2.20. The predicted molar refractivity (Wildman–Crippen MR) is 33.6 cm³/mol. The molecular formula is C3H6O2S2. The molecule has 0 aliphatic carbocycles. The number of thiol groups is 2. The maximum Gasteiger partial charge on any atom is 0.227 e. The van der Waals surface area contributed by atoms with E-state index in [1.54, 1.807) is 0 Å². The lowest BCUT2D eigenvalue weighted by atomic mass is 10.4. The van der Waals surface area contributed by atoms with Crippen LogP contribution in [0.3, 0.4) is 0 Å². The fourth-order valence-corrected chi connectivity index (χ4v) is 0. The molecule has 0 aliphatic rings. The average molecular weight is 138 g/mol. The van der Waals surface area contributed by atoms with Crippen molar-refractivity contribution in [3.8, 4) is 0 Å². The maximum atomic E-state index is 10.0. The van der Waals surface area contributed by atoms with Gasteiger partial charge < -0.3 is 5.11 Å². The second-order valence-electron chi connectivity index (χ2n) is 1.33. The van der Waals surface area contributed by atoms with Crippen molar-refractivity contribution in [1.29, 1.82) is 0 Å². The van der Waals surface area contributed by atoms with Gasteiger partial charge in [-0.25, -0.2) is 0 Å². The number of hydrogen-bond acceptors (Lipinski definition) is 3. The van der Waals surface area contributed by atoms with Crippen LogP contribution < -0.4 is 0 Å². The molecule has 0 radical (unpaired) electrons. The highest BCUT2D eigenvalue weighted by Crippen LogP contribution is 2.10. The first kappa shape index (κ1) is 7.33. The lowest BCUT2D eigenvalue weighted by molar-refractivity contribution is -0.119. The largest absolute Gasteiger partial charge is 0.372 e. The minimum atomic E-state index is -1.58. The Hall–Kier alpha value is 0.330. The summed E-state index contributed by atoms with van der Waals surface area (Å²) in [6.45, 7) is 1.26. The van der Waals surface area contributed by atoms with Crippen LogP contribution in [0.25, 0.3) is 0 Å². The van der Waals surface area contributed by atoms with Crippen LogP contribution >= 0.6 is 25.3 Å². The van der Waals surface area contributed by atoms with E-state index >= 15 is 0 Å². The molecule has 42 valence electrons. The molecule has 0 saturated carbocycles. The lowest BCUT2D eigenvalue weighted by Gasteiger charge is -2.07. The summed E-state index contributed by atoms with van der Waals surface area (Å²) in [7, 11) is 0. The molecule has 0 fully saturated rings.